The number of fused-ring (bicyclic) bond motifs is 1. The number of para-hydroxylation sites is 1. The summed E-state index contributed by atoms with van der Waals surface area (Å²) in [5, 5.41) is 8.99. The van der Waals surface area contributed by atoms with E-state index in [2.05, 4.69) is 58.8 Å². The summed E-state index contributed by atoms with van der Waals surface area (Å²) < 4.78 is 0. The summed E-state index contributed by atoms with van der Waals surface area (Å²) in [5.41, 5.74) is 2.59. The van der Waals surface area contributed by atoms with Crippen LogP contribution in [-0.4, -0.2) is 37.7 Å². The van der Waals surface area contributed by atoms with Crippen LogP contribution in [-0.2, 0) is 0 Å². The highest BCUT2D eigenvalue weighted by atomic mass is 32.1. The van der Waals surface area contributed by atoms with Crippen LogP contribution in [0.15, 0.2) is 35.8 Å². The highest BCUT2D eigenvalue weighted by Crippen LogP contribution is 2.33. The fourth-order valence-corrected chi connectivity index (χ4v) is 3.81. The Labute approximate surface area is 147 Å². The van der Waals surface area contributed by atoms with Gasteiger partial charge in [0.05, 0.1) is 5.01 Å². The van der Waals surface area contributed by atoms with Crippen molar-refractivity contribution >= 4 is 23.1 Å². The van der Waals surface area contributed by atoms with E-state index < -0.39 is 0 Å². The van der Waals surface area contributed by atoms with Crippen molar-refractivity contribution in [1.82, 2.24) is 15.6 Å². The van der Waals surface area contributed by atoms with Crippen molar-refractivity contribution in [3.63, 3.8) is 0 Å². The van der Waals surface area contributed by atoms with Crippen molar-refractivity contribution in [2.24, 2.45) is 0 Å². The number of urea groups is 1. The SMILES string of the molecule is C[C@@H](CNC(=O)NC[C@H]1CCN(C)c2ccccc21)c1nccs1. The maximum Gasteiger partial charge on any atom is 0.314 e. The van der Waals surface area contributed by atoms with Crippen molar-refractivity contribution < 1.29 is 4.79 Å². The third-order valence-electron chi connectivity index (χ3n) is 4.55. The molecule has 2 heterocycles. The molecule has 0 fully saturated rings. The summed E-state index contributed by atoms with van der Waals surface area (Å²) >= 11 is 1.62. The van der Waals surface area contributed by atoms with E-state index in [1.165, 1.54) is 11.3 Å². The monoisotopic (exact) mass is 344 g/mol. The van der Waals surface area contributed by atoms with E-state index in [-0.39, 0.29) is 11.9 Å². The second-order valence-corrected chi connectivity index (χ2v) is 7.25. The van der Waals surface area contributed by atoms with Crippen LogP contribution in [0.1, 0.15) is 35.8 Å². The second-order valence-electron chi connectivity index (χ2n) is 6.33. The summed E-state index contributed by atoms with van der Waals surface area (Å²) in [4.78, 5) is 18.7. The van der Waals surface area contributed by atoms with Gasteiger partial charge in [-0.05, 0) is 18.1 Å². The van der Waals surface area contributed by atoms with E-state index in [0.717, 1.165) is 18.0 Å². The average molecular weight is 344 g/mol. The summed E-state index contributed by atoms with van der Waals surface area (Å²) in [6, 6.07) is 8.35. The van der Waals surface area contributed by atoms with E-state index in [4.69, 9.17) is 0 Å². The van der Waals surface area contributed by atoms with Gasteiger partial charge in [0.2, 0.25) is 0 Å². The first kappa shape index (κ1) is 16.8. The molecule has 1 aliphatic rings. The van der Waals surface area contributed by atoms with Gasteiger partial charge < -0.3 is 15.5 Å². The number of carbonyl (C=O) groups excluding carboxylic acids is 1. The Morgan fingerprint density at radius 3 is 3.04 bits per heavy atom. The zero-order valence-electron chi connectivity index (χ0n) is 14.2. The molecule has 0 spiro atoms. The minimum atomic E-state index is -0.102. The van der Waals surface area contributed by atoms with E-state index >= 15 is 0 Å². The lowest BCUT2D eigenvalue weighted by Gasteiger charge is -2.33. The molecular formula is C18H24N4OS. The van der Waals surface area contributed by atoms with Gasteiger partial charge in [-0.25, -0.2) is 9.78 Å². The molecule has 5 nitrogen and oxygen atoms in total. The van der Waals surface area contributed by atoms with Crippen LogP contribution in [0.4, 0.5) is 10.5 Å². The number of aromatic nitrogens is 1. The van der Waals surface area contributed by atoms with E-state index in [1.807, 2.05) is 5.38 Å². The highest BCUT2D eigenvalue weighted by Gasteiger charge is 2.23. The standard InChI is InChI=1S/C18H24N4OS/c1-13(17-19-8-10-24-17)11-20-18(23)21-12-14-7-9-22(2)16-6-4-3-5-15(14)16/h3-6,8,10,13-14H,7,9,11-12H2,1-2H3,(H2,20,21,23)/t13-,14+/m0/s1. The van der Waals surface area contributed by atoms with Crippen LogP contribution >= 0.6 is 11.3 Å². The molecule has 2 amide bonds. The molecule has 6 heteroatoms. The van der Waals surface area contributed by atoms with Gasteiger partial charge in [0, 0.05) is 55.8 Å². The average Bonchev–Trinajstić information content (AvgIpc) is 3.14. The molecule has 0 bridgehead atoms. The van der Waals surface area contributed by atoms with Gasteiger partial charge in [-0.2, -0.15) is 0 Å². The van der Waals surface area contributed by atoms with Gasteiger partial charge >= 0.3 is 6.03 Å². The van der Waals surface area contributed by atoms with Crippen molar-refractivity contribution in [1.29, 1.82) is 0 Å². The summed E-state index contributed by atoms with van der Waals surface area (Å²) in [6.45, 7) is 4.37. The summed E-state index contributed by atoms with van der Waals surface area (Å²) in [6.07, 6.45) is 2.86. The number of hydrogen-bond donors (Lipinski definition) is 2. The maximum atomic E-state index is 12.1. The molecule has 2 atom stereocenters. The molecule has 3 rings (SSSR count). The first-order chi connectivity index (χ1) is 11.6. The fraction of sp³-hybridized carbons (Fsp3) is 0.444. The second kappa shape index (κ2) is 7.66. The third-order valence-corrected chi connectivity index (χ3v) is 5.56. The smallest absolute Gasteiger partial charge is 0.314 e. The molecule has 1 aromatic heterocycles. The minimum absolute atomic E-state index is 0.102. The number of amides is 2. The Balaban J connectivity index is 1.49. The molecule has 128 valence electrons. The first-order valence-electron chi connectivity index (χ1n) is 8.36. The highest BCUT2D eigenvalue weighted by molar-refractivity contribution is 7.09. The molecule has 0 aliphatic carbocycles. The fourth-order valence-electron chi connectivity index (χ4n) is 3.11. The first-order valence-corrected chi connectivity index (χ1v) is 9.24. The number of nitrogens with one attached hydrogen (secondary N) is 2. The Hall–Kier alpha value is -2.08. The Kier molecular flexibility index (Phi) is 5.35. The molecule has 1 aromatic carbocycles. The van der Waals surface area contributed by atoms with Gasteiger partial charge in [-0.1, -0.05) is 25.1 Å². The van der Waals surface area contributed by atoms with Crippen LogP contribution < -0.4 is 15.5 Å². The van der Waals surface area contributed by atoms with E-state index in [0.29, 0.717) is 19.0 Å². The lowest BCUT2D eigenvalue weighted by Crippen LogP contribution is -2.40. The number of thiazole rings is 1. The lowest BCUT2D eigenvalue weighted by atomic mass is 9.90. The molecule has 0 saturated heterocycles. The number of nitrogens with zero attached hydrogens (tertiary/aromatic N) is 2. The number of benzene rings is 1. The molecule has 0 radical (unpaired) electrons. The topological polar surface area (TPSA) is 57.3 Å². The molecule has 1 aliphatic heterocycles. The summed E-state index contributed by atoms with van der Waals surface area (Å²) in [5.74, 6) is 0.611. The van der Waals surface area contributed by atoms with Crippen LogP contribution in [0.25, 0.3) is 0 Å². The van der Waals surface area contributed by atoms with Gasteiger partial charge in [0.15, 0.2) is 0 Å². The Morgan fingerprint density at radius 1 is 1.42 bits per heavy atom. The summed E-state index contributed by atoms with van der Waals surface area (Å²) in [7, 11) is 2.12. The number of carbonyl (C=O) groups is 1. The van der Waals surface area contributed by atoms with Crippen molar-refractivity contribution in [2.45, 2.75) is 25.2 Å². The lowest BCUT2D eigenvalue weighted by molar-refractivity contribution is 0.239. The quantitative estimate of drug-likeness (QED) is 0.876. The van der Waals surface area contributed by atoms with Gasteiger partial charge in [-0.3, -0.25) is 0 Å². The Bertz CT molecular complexity index is 673. The molecule has 2 N–H and O–H groups in total. The maximum absolute atomic E-state index is 12.1. The van der Waals surface area contributed by atoms with Crippen molar-refractivity contribution in [3.05, 3.63) is 46.4 Å². The zero-order valence-corrected chi connectivity index (χ0v) is 15.0. The largest absolute Gasteiger partial charge is 0.374 e. The molecule has 0 unspecified atom stereocenters. The van der Waals surface area contributed by atoms with Gasteiger partial charge in [0.25, 0.3) is 0 Å². The predicted octanol–water partition coefficient (Wildman–Crippen LogP) is 3.17. The van der Waals surface area contributed by atoms with E-state index in [1.54, 1.807) is 17.5 Å². The molecule has 2 aromatic rings. The number of hydrogen-bond acceptors (Lipinski definition) is 4. The zero-order chi connectivity index (χ0) is 16.9. The van der Waals surface area contributed by atoms with Gasteiger partial charge in [-0.15, -0.1) is 11.3 Å². The number of rotatable bonds is 5. The van der Waals surface area contributed by atoms with E-state index in [9.17, 15) is 4.79 Å². The number of anilines is 1. The third kappa shape index (κ3) is 3.87. The van der Waals surface area contributed by atoms with Crippen molar-refractivity contribution in [2.75, 3.05) is 31.6 Å². The molecule has 0 saturated carbocycles. The van der Waals surface area contributed by atoms with Crippen LogP contribution in [0.5, 0.6) is 0 Å². The minimum Gasteiger partial charge on any atom is -0.374 e. The Morgan fingerprint density at radius 2 is 2.25 bits per heavy atom. The molecule has 24 heavy (non-hydrogen) atoms. The predicted molar refractivity (Wildman–Crippen MR) is 99.0 cm³/mol. The van der Waals surface area contributed by atoms with Crippen LogP contribution in [0, 0.1) is 0 Å². The molecular weight excluding hydrogens is 320 g/mol. The van der Waals surface area contributed by atoms with Crippen molar-refractivity contribution in [3.8, 4) is 0 Å². The normalized spacial score (nSPS) is 17.9. The van der Waals surface area contributed by atoms with Gasteiger partial charge in [0.1, 0.15) is 0 Å². The van der Waals surface area contributed by atoms with Crippen LogP contribution in [0.3, 0.4) is 0 Å². The van der Waals surface area contributed by atoms with Crippen LogP contribution in [0.2, 0.25) is 0 Å².